The molecule has 4 atom stereocenters. The molecule has 1 heterocycles. The van der Waals surface area contributed by atoms with E-state index in [9.17, 15) is 25.9 Å². The van der Waals surface area contributed by atoms with E-state index in [0.29, 0.717) is 27.8 Å². The number of rotatable bonds is 10. The molecule has 1 aliphatic rings. The molecule has 11 nitrogen and oxygen atoms in total. The number of benzene rings is 3. The summed E-state index contributed by atoms with van der Waals surface area (Å²) in [5, 5.41) is 1.46. The molecule has 0 spiro atoms. The summed E-state index contributed by atoms with van der Waals surface area (Å²) in [7, 11) is -9.37. The van der Waals surface area contributed by atoms with Gasteiger partial charge in [-0.25, -0.2) is 16.8 Å². The minimum absolute atomic E-state index is 0. The van der Waals surface area contributed by atoms with Crippen molar-refractivity contribution in [3.8, 4) is 5.75 Å². The van der Waals surface area contributed by atoms with E-state index in [0.717, 1.165) is 5.39 Å². The third-order valence-corrected chi connectivity index (χ3v) is 7.68. The van der Waals surface area contributed by atoms with Crippen molar-refractivity contribution in [1.82, 2.24) is 4.98 Å². The van der Waals surface area contributed by atoms with Crippen LogP contribution in [-0.2, 0) is 40.5 Å². The third kappa shape index (κ3) is 9.01. The van der Waals surface area contributed by atoms with Crippen molar-refractivity contribution < 1.29 is 103 Å². The van der Waals surface area contributed by atoms with Gasteiger partial charge in [-0.3, -0.25) is 8.37 Å². The van der Waals surface area contributed by atoms with Gasteiger partial charge < -0.3 is 23.6 Å². The Morgan fingerprint density at radius 3 is 2.21 bits per heavy atom. The molecule has 0 amide bonds. The largest absolute Gasteiger partial charge is 1.00 e. The minimum Gasteiger partial charge on any atom is -0.726 e. The molecule has 0 radical (unpaired) electrons. The second-order valence-corrected chi connectivity index (χ2v) is 11.4. The van der Waals surface area contributed by atoms with Gasteiger partial charge >= 0.3 is 59.1 Å². The molecular weight excluding hydrogens is 620 g/mol. The molecule has 3 aromatic carbocycles. The van der Waals surface area contributed by atoms with E-state index in [4.69, 9.17) is 17.8 Å². The Morgan fingerprint density at radius 2 is 1.53 bits per heavy atom. The fraction of sp³-hybridized carbons (Fsp3) is 0.214. The zero-order chi connectivity index (χ0) is 29.2. The second-order valence-electron chi connectivity index (χ2n) is 9.34. The number of hydrogen-bond acceptors (Lipinski definition) is 10. The maximum atomic E-state index is 12.0. The quantitative estimate of drug-likeness (QED) is 0.112. The van der Waals surface area contributed by atoms with E-state index in [1.54, 1.807) is 73.1 Å². The molecule has 0 unspecified atom stereocenters. The summed E-state index contributed by atoms with van der Waals surface area (Å²) in [6.45, 7) is -0.101. The van der Waals surface area contributed by atoms with E-state index in [1.807, 2.05) is 18.2 Å². The summed E-state index contributed by atoms with van der Waals surface area (Å²) >= 11 is 0. The molecule has 0 fully saturated rings. The van der Waals surface area contributed by atoms with Crippen LogP contribution in [0.2, 0.25) is 0 Å². The summed E-state index contributed by atoms with van der Waals surface area (Å²) in [4.78, 5) is 2.93. The van der Waals surface area contributed by atoms with Crippen molar-refractivity contribution in [2.24, 2.45) is 0 Å². The molecule has 0 saturated heterocycles. The van der Waals surface area contributed by atoms with Crippen LogP contribution in [0.4, 0.5) is 0 Å². The molecule has 15 heteroatoms. The maximum absolute atomic E-state index is 12.0. The molecule has 216 valence electrons. The van der Waals surface area contributed by atoms with Crippen molar-refractivity contribution in [2.45, 2.75) is 30.8 Å². The van der Waals surface area contributed by atoms with Crippen molar-refractivity contribution in [3.63, 3.8) is 0 Å². The van der Waals surface area contributed by atoms with Crippen LogP contribution in [0.5, 0.6) is 5.75 Å². The van der Waals surface area contributed by atoms with Crippen molar-refractivity contribution in [1.29, 1.82) is 0 Å². The Hall–Kier alpha value is -1.56. The summed E-state index contributed by atoms with van der Waals surface area (Å²) in [5.74, 6) is -0.217. The number of ether oxygens (including phenoxy) is 2. The summed E-state index contributed by atoms with van der Waals surface area (Å²) in [6.07, 6.45) is -0.0357. The van der Waals surface area contributed by atoms with Gasteiger partial charge in [0.1, 0.15) is 18.0 Å². The second kappa shape index (κ2) is 15.1. The number of H-pyrrole nitrogens is 1. The van der Waals surface area contributed by atoms with Crippen LogP contribution in [0.25, 0.3) is 16.3 Å². The molecule has 43 heavy (non-hydrogen) atoms. The maximum Gasteiger partial charge on any atom is 1.00 e. The van der Waals surface area contributed by atoms with E-state index >= 15 is 0 Å². The first-order valence-electron chi connectivity index (χ1n) is 12.4. The van der Waals surface area contributed by atoms with Gasteiger partial charge in [-0.15, -0.1) is 0 Å². The first kappa shape index (κ1) is 35.9. The summed E-state index contributed by atoms with van der Waals surface area (Å²) < 4.78 is 93.2. The van der Waals surface area contributed by atoms with Crippen LogP contribution in [-0.4, -0.2) is 56.3 Å². The fourth-order valence-corrected chi connectivity index (χ4v) is 6.06. The molecule has 5 rings (SSSR count). The molecular formula is C28H25NNa2O10S2. The fourth-order valence-electron chi connectivity index (χ4n) is 5.11. The van der Waals surface area contributed by atoms with Crippen molar-refractivity contribution >= 4 is 37.1 Å². The Morgan fingerprint density at radius 1 is 0.837 bits per heavy atom. The van der Waals surface area contributed by atoms with Crippen LogP contribution < -0.4 is 63.9 Å². The van der Waals surface area contributed by atoms with Crippen molar-refractivity contribution in [3.05, 3.63) is 108 Å². The zero-order valence-corrected chi connectivity index (χ0v) is 29.2. The Kier molecular flexibility index (Phi) is 12.7. The number of methoxy groups -OCH3 is 1. The monoisotopic (exact) mass is 645 g/mol. The average Bonchev–Trinajstić information content (AvgIpc) is 3.46. The van der Waals surface area contributed by atoms with Crippen LogP contribution in [0.3, 0.4) is 0 Å². The normalized spacial score (nSPS) is 20.5. The smallest absolute Gasteiger partial charge is 0.726 e. The zero-order valence-electron chi connectivity index (χ0n) is 23.6. The number of nitrogens with one attached hydrogen (secondary N) is 1. The molecule has 4 aromatic rings. The van der Waals surface area contributed by atoms with Crippen LogP contribution in [0.1, 0.15) is 22.6 Å². The predicted octanol–water partition coefficient (Wildman–Crippen LogP) is -2.36. The number of aromatic amines is 1. The SMILES string of the molecule is COc1cccc(CO[C@H]2[C@H](OS(=O)(=O)[O-])[C@H](OS(=O)(=O)[O-])C(c3cccc4ccccc34)=C[C@@H]2c2cc[nH]c2)c1.[Na+].[Na+]. The van der Waals surface area contributed by atoms with E-state index in [1.165, 1.54) is 7.11 Å². The molecule has 1 N–H and O–H groups in total. The molecule has 1 aromatic heterocycles. The number of fused-ring (bicyclic) bond motifs is 1. The van der Waals surface area contributed by atoms with E-state index < -0.39 is 45.0 Å². The first-order chi connectivity index (χ1) is 19.5. The Balaban J connectivity index is 0.00000253. The standard InChI is InChI=1S/C28H27NO10S2.2Na/c1-36-21-9-4-6-18(14-21)17-37-26-24(20-12-13-29-16-20)15-25(23-11-5-8-19-7-2-3-10-22(19)23)27(38-40(30,31)32)28(26)39-41(33,34)35;;/h2-16,24,26-29H,17H2,1H3,(H,30,31,32)(H,33,34,35);;/q;2*+1/p-2/t24-,26-,27-,28+;;/m1../s1. The van der Waals surface area contributed by atoms with Crippen LogP contribution in [0, 0.1) is 0 Å². The summed E-state index contributed by atoms with van der Waals surface area (Å²) in [5.41, 5.74) is 1.86. The van der Waals surface area contributed by atoms with Crippen molar-refractivity contribution in [2.75, 3.05) is 7.11 Å². The Labute approximate surface area is 294 Å². The van der Waals surface area contributed by atoms with Gasteiger partial charge in [0.05, 0.1) is 19.8 Å². The summed E-state index contributed by atoms with van der Waals surface area (Å²) in [6, 6.07) is 21.1. The van der Waals surface area contributed by atoms with Gasteiger partial charge in [0.2, 0.25) is 20.8 Å². The molecule has 1 aliphatic carbocycles. The van der Waals surface area contributed by atoms with Gasteiger partial charge in [0, 0.05) is 18.3 Å². The average molecular weight is 646 g/mol. The van der Waals surface area contributed by atoms with Crippen LogP contribution >= 0.6 is 0 Å². The minimum atomic E-state index is -5.44. The number of hydrogen-bond donors (Lipinski definition) is 1. The number of aromatic nitrogens is 1. The Bertz CT molecular complexity index is 1770. The van der Waals surface area contributed by atoms with Gasteiger partial charge in [-0.05, 0) is 51.2 Å². The third-order valence-electron chi connectivity index (χ3n) is 6.78. The van der Waals surface area contributed by atoms with Crippen LogP contribution in [0.15, 0.2) is 91.3 Å². The predicted molar refractivity (Wildman–Crippen MR) is 146 cm³/mol. The van der Waals surface area contributed by atoms with Gasteiger partial charge in [-0.1, -0.05) is 60.7 Å². The van der Waals surface area contributed by atoms with Gasteiger partial charge in [-0.2, -0.15) is 0 Å². The topological polar surface area (TPSA) is 167 Å². The van der Waals surface area contributed by atoms with E-state index in [2.05, 4.69) is 4.98 Å². The molecule has 0 aliphatic heterocycles. The first-order valence-corrected chi connectivity index (χ1v) is 15.0. The van der Waals surface area contributed by atoms with Gasteiger partial charge in [0.25, 0.3) is 0 Å². The molecule has 0 saturated carbocycles. The molecule has 0 bridgehead atoms. The van der Waals surface area contributed by atoms with Gasteiger partial charge in [0.15, 0.2) is 0 Å². The van der Waals surface area contributed by atoms with E-state index in [-0.39, 0.29) is 71.3 Å².